The van der Waals surface area contributed by atoms with Crippen molar-refractivity contribution in [3.63, 3.8) is 0 Å². The van der Waals surface area contributed by atoms with E-state index in [1.165, 1.54) is 6.20 Å². The van der Waals surface area contributed by atoms with E-state index in [0.717, 1.165) is 18.1 Å². The predicted molar refractivity (Wildman–Crippen MR) is 77.7 cm³/mol. The number of amides is 2. The van der Waals surface area contributed by atoms with Crippen molar-refractivity contribution < 1.29 is 9.59 Å². The summed E-state index contributed by atoms with van der Waals surface area (Å²) in [4.78, 5) is 29.6. The lowest BCUT2D eigenvalue weighted by Crippen LogP contribution is -2.36. The second-order valence-electron chi connectivity index (χ2n) is 5.37. The third kappa shape index (κ3) is 2.85. The van der Waals surface area contributed by atoms with Crippen LogP contribution in [0, 0.1) is 0 Å². The maximum absolute atomic E-state index is 12.0. The van der Waals surface area contributed by atoms with Gasteiger partial charge in [0.25, 0.3) is 5.91 Å². The zero-order chi connectivity index (χ0) is 15.7. The Kier molecular flexibility index (Phi) is 3.66. The Labute approximate surface area is 127 Å². The Bertz CT molecular complexity index is 717. The molecule has 0 aromatic carbocycles. The standard InChI is InChI=1S/C14H18N6O2/c1-10(21)19-3-4-20-8-12(17-13(20)9-19)6-15-14(22)11-5-16-18(2)7-11/h5,7-8H,3-4,6,9H2,1-2H3,(H,15,22). The van der Waals surface area contributed by atoms with Gasteiger partial charge in [0.1, 0.15) is 5.82 Å². The number of aryl methyl sites for hydroxylation is 1. The fourth-order valence-electron chi connectivity index (χ4n) is 2.48. The van der Waals surface area contributed by atoms with Gasteiger partial charge in [-0.15, -0.1) is 0 Å². The fourth-order valence-corrected chi connectivity index (χ4v) is 2.48. The quantitative estimate of drug-likeness (QED) is 0.858. The van der Waals surface area contributed by atoms with Crippen LogP contribution < -0.4 is 5.32 Å². The van der Waals surface area contributed by atoms with Crippen LogP contribution in [-0.4, -0.2) is 42.6 Å². The number of carbonyl (C=O) groups excluding carboxylic acids is 2. The van der Waals surface area contributed by atoms with Crippen LogP contribution >= 0.6 is 0 Å². The van der Waals surface area contributed by atoms with E-state index in [9.17, 15) is 9.59 Å². The van der Waals surface area contributed by atoms with E-state index < -0.39 is 0 Å². The van der Waals surface area contributed by atoms with Gasteiger partial charge in [0.05, 0.1) is 30.5 Å². The molecular weight excluding hydrogens is 284 g/mol. The Morgan fingerprint density at radius 2 is 2.14 bits per heavy atom. The van der Waals surface area contributed by atoms with Gasteiger partial charge < -0.3 is 14.8 Å². The van der Waals surface area contributed by atoms with Gasteiger partial charge in [-0.3, -0.25) is 14.3 Å². The third-order valence-electron chi connectivity index (χ3n) is 3.69. The summed E-state index contributed by atoms with van der Waals surface area (Å²) in [7, 11) is 1.76. The first-order valence-electron chi connectivity index (χ1n) is 7.10. The van der Waals surface area contributed by atoms with Crippen molar-refractivity contribution in [1.29, 1.82) is 0 Å². The topological polar surface area (TPSA) is 85.0 Å². The zero-order valence-corrected chi connectivity index (χ0v) is 12.6. The van der Waals surface area contributed by atoms with Gasteiger partial charge in [0.2, 0.25) is 5.91 Å². The lowest BCUT2D eigenvalue weighted by atomic mass is 10.3. The highest BCUT2D eigenvalue weighted by Crippen LogP contribution is 2.13. The maximum atomic E-state index is 12.0. The molecule has 2 aromatic heterocycles. The van der Waals surface area contributed by atoms with Gasteiger partial charge in [-0.1, -0.05) is 0 Å². The van der Waals surface area contributed by atoms with Crippen LogP contribution in [0.2, 0.25) is 0 Å². The molecule has 116 valence electrons. The number of hydrogen-bond acceptors (Lipinski definition) is 4. The molecule has 3 rings (SSSR count). The van der Waals surface area contributed by atoms with E-state index in [1.54, 1.807) is 29.7 Å². The molecule has 22 heavy (non-hydrogen) atoms. The third-order valence-corrected chi connectivity index (χ3v) is 3.69. The normalized spacial score (nSPS) is 13.8. The highest BCUT2D eigenvalue weighted by Gasteiger charge is 2.20. The van der Waals surface area contributed by atoms with Crippen LogP contribution in [-0.2, 0) is 31.5 Å². The summed E-state index contributed by atoms with van der Waals surface area (Å²) in [5.74, 6) is 0.734. The van der Waals surface area contributed by atoms with Crippen molar-refractivity contribution in [2.45, 2.75) is 26.6 Å². The molecular formula is C14H18N6O2. The number of nitrogens with zero attached hydrogens (tertiary/aromatic N) is 5. The Hall–Kier alpha value is -2.64. The van der Waals surface area contributed by atoms with Gasteiger partial charge in [0.15, 0.2) is 0 Å². The van der Waals surface area contributed by atoms with Crippen molar-refractivity contribution in [3.8, 4) is 0 Å². The molecule has 0 radical (unpaired) electrons. The van der Waals surface area contributed by atoms with E-state index in [2.05, 4.69) is 15.4 Å². The minimum absolute atomic E-state index is 0.0562. The van der Waals surface area contributed by atoms with Gasteiger partial charge in [-0.05, 0) is 0 Å². The van der Waals surface area contributed by atoms with E-state index in [-0.39, 0.29) is 11.8 Å². The molecule has 0 saturated carbocycles. The molecule has 0 atom stereocenters. The number of imidazole rings is 1. The molecule has 8 nitrogen and oxygen atoms in total. The van der Waals surface area contributed by atoms with Crippen LogP contribution in [0.4, 0.5) is 0 Å². The molecule has 0 bridgehead atoms. The highest BCUT2D eigenvalue weighted by atomic mass is 16.2. The summed E-state index contributed by atoms with van der Waals surface area (Å²) in [6, 6.07) is 0. The van der Waals surface area contributed by atoms with Gasteiger partial charge >= 0.3 is 0 Å². The first kappa shape index (κ1) is 14.3. The molecule has 1 N–H and O–H groups in total. The molecule has 0 spiro atoms. The number of carbonyl (C=O) groups is 2. The zero-order valence-electron chi connectivity index (χ0n) is 12.6. The number of aromatic nitrogens is 4. The lowest BCUT2D eigenvalue weighted by molar-refractivity contribution is -0.130. The first-order valence-corrected chi connectivity index (χ1v) is 7.10. The molecule has 1 aliphatic heterocycles. The average molecular weight is 302 g/mol. The fraction of sp³-hybridized carbons (Fsp3) is 0.429. The van der Waals surface area contributed by atoms with Gasteiger partial charge in [-0.2, -0.15) is 5.10 Å². The van der Waals surface area contributed by atoms with E-state index in [1.807, 2.05) is 10.8 Å². The number of nitrogens with one attached hydrogen (secondary N) is 1. The van der Waals surface area contributed by atoms with Crippen molar-refractivity contribution >= 4 is 11.8 Å². The molecule has 0 unspecified atom stereocenters. The minimum atomic E-state index is -0.176. The molecule has 2 amide bonds. The van der Waals surface area contributed by atoms with E-state index in [0.29, 0.717) is 25.2 Å². The van der Waals surface area contributed by atoms with Gasteiger partial charge in [0, 0.05) is 39.5 Å². The monoisotopic (exact) mass is 302 g/mol. The second-order valence-corrected chi connectivity index (χ2v) is 5.37. The summed E-state index contributed by atoms with van der Waals surface area (Å²) in [6.45, 7) is 3.87. The summed E-state index contributed by atoms with van der Waals surface area (Å²) in [5, 5.41) is 6.79. The van der Waals surface area contributed by atoms with Crippen LogP contribution in [0.3, 0.4) is 0 Å². The van der Waals surface area contributed by atoms with Crippen molar-refractivity contribution in [3.05, 3.63) is 35.7 Å². The largest absolute Gasteiger partial charge is 0.346 e. The average Bonchev–Trinajstić information content (AvgIpc) is 3.09. The van der Waals surface area contributed by atoms with Crippen LogP contribution in [0.15, 0.2) is 18.6 Å². The molecule has 0 fully saturated rings. The Morgan fingerprint density at radius 3 is 2.82 bits per heavy atom. The van der Waals surface area contributed by atoms with Crippen LogP contribution in [0.1, 0.15) is 28.8 Å². The van der Waals surface area contributed by atoms with Crippen LogP contribution in [0.5, 0.6) is 0 Å². The minimum Gasteiger partial charge on any atom is -0.346 e. The second kappa shape index (κ2) is 5.63. The van der Waals surface area contributed by atoms with Gasteiger partial charge in [-0.25, -0.2) is 4.98 Å². The van der Waals surface area contributed by atoms with E-state index >= 15 is 0 Å². The van der Waals surface area contributed by atoms with E-state index in [4.69, 9.17) is 0 Å². The molecule has 8 heteroatoms. The number of fused-ring (bicyclic) bond motifs is 1. The summed E-state index contributed by atoms with van der Waals surface area (Å²) >= 11 is 0. The SMILES string of the molecule is CC(=O)N1CCn2cc(CNC(=O)c3cnn(C)c3)nc2C1. The first-order chi connectivity index (χ1) is 10.5. The summed E-state index contributed by atoms with van der Waals surface area (Å²) < 4.78 is 3.62. The Morgan fingerprint density at radius 1 is 1.32 bits per heavy atom. The smallest absolute Gasteiger partial charge is 0.254 e. The molecule has 3 heterocycles. The maximum Gasteiger partial charge on any atom is 0.254 e. The summed E-state index contributed by atoms with van der Waals surface area (Å²) in [6.07, 6.45) is 5.12. The molecule has 1 aliphatic rings. The molecule has 0 aliphatic carbocycles. The summed E-state index contributed by atoms with van der Waals surface area (Å²) in [5.41, 5.74) is 1.31. The van der Waals surface area contributed by atoms with Crippen molar-refractivity contribution in [2.24, 2.45) is 7.05 Å². The van der Waals surface area contributed by atoms with Crippen LogP contribution in [0.25, 0.3) is 0 Å². The molecule has 2 aromatic rings. The predicted octanol–water partition coefficient (Wildman–Crippen LogP) is -0.0913. The number of rotatable bonds is 3. The Balaban J connectivity index is 1.63. The highest BCUT2D eigenvalue weighted by molar-refractivity contribution is 5.93. The number of hydrogen-bond donors (Lipinski definition) is 1. The lowest BCUT2D eigenvalue weighted by Gasteiger charge is -2.26. The van der Waals surface area contributed by atoms with Crippen molar-refractivity contribution in [2.75, 3.05) is 6.54 Å². The van der Waals surface area contributed by atoms with Crippen molar-refractivity contribution in [1.82, 2.24) is 29.5 Å². The molecule has 0 saturated heterocycles.